The average molecular weight is 306 g/mol. The highest BCUT2D eigenvalue weighted by Gasteiger charge is 2.14. The first kappa shape index (κ1) is 18.2. The summed E-state index contributed by atoms with van der Waals surface area (Å²) in [6, 6.07) is 5.24. The molecule has 0 aliphatic carbocycles. The molecule has 0 spiro atoms. The van der Waals surface area contributed by atoms with Crippen LogP contribution in [0.5, 0.6) is 5.75 Å². The molecule has 0 saturated carbocycles. The van der Waals surface area contributed by atoms with Crippen molar-refractivity contribution in [2.75, 3.05) is 19.0 Å². The molecule has 1 unspecified atom stereocenters. The predicted molar refractivity (Wildman–Crippen MR) is 88.3 cm³/mol. The molecule has 0 aliphatic heterocycles. The zero-order valence-corrected chi connectivity index (χ0v) is 13.6. The lowest BCUT2D eigenvalue weighted by Gasteiger charge is -2.20. The summed E-state index contributed by atoms with van der Waals surface area (Å²) >= 11 is 0. The third-order valence-electron chi connectivity index (χ3n) is 3.28. The minimum atomic E-state index is -0.539. The number of para-hydroxylation sites is 1. The van der Waals surface area contributed by atoms with E-state index in [0.717, 1.165) is 30.2 Å². The van der Waals surface area contributed by atoms with Crippen LogP contribution in [-0.2, 0) is 16.1 Å². The van der Waals surface area contributed by atoms with Gasteiger partial charge in [-0.25, -0.2) is 0 Å². The van der Waals surface area contributed by atoms with Gasteiger partial charge < -0.3 is 25.0 Å². The lowest BCUT2D eigenvalue weighted by atomic mass is 10.1. The fraction of sp³-hybridized carbons (Fsp3) is 0.529. The van der Waals surface area contributed by atoms with Crippen LogP contribution in [-0.4, -0.2) is 32.3 Å². The van der Waals surface area contributed by atoms with Crippen molar-refractivity contribution in [2.24, 2.45) is 5.92 Å². The van der Waals surface area contributed by atoms with Crippen molar-refractivity contribution in [2.45, 2.75) is 39.3 Å². The van der Waals surface area contributed by atoms with Gasteiger partial charge in [0.15, 0.2) is 0 Å². The summed E-state index contributed by atoms with van der Waals surface area (Å²) in [6.45, 7) is 5.56. The monoisotopic (exact) mass is 306 g/mol. The van der Waals surface area contributed by atoms with Crippen molar-refractivity contribution >= 4 is 18.3 Å². The first-order chi connectivity index (χ1) is 10.6. The number of aldehydes is 2. The Morgan fingerprint density at radius 3 is 2.64 bits per heavy atom. The van der Waals surface area contributed by atoms with E-state index in [1.165, 1.54) is 0 Å². The van der Waals surface area contributed by atoms with E-state index in [1.807, 2.05) is 25.2 Å². The van der Waals surface area contributed by atoms with Crippen LogP contribution in [0.1, 0.15) is 32.3 Å². The Kier molecular flexibility index (Phi) is 8.22. The summed E-state index contributed by atoms with van der Waals surface area (Å²) < 4.78 is 5.86. The van der Waals surface area contributed by atoms with Crippen molar-refractivity contribution < 1.29 is 14.3 Å². The van der Waals surface area contributed by atoms with E-state index in [4.69, 9.17) is 4.74 Å². The van der Waals surface area contributed by atoms with Crippen molar-refractivity contribution in [3.05, 3.63) is 23.8 Å². The SMILES string of the molecule is CNCc1cccc(OCCC(C)C)c1NC(C=O)CC=O. The second-order valence-corrected chi connectivity index (χ2v) is 5.64. The number of rotatable bonds is 11. The molecule has 1 aromatic rings. The van der Waals surface area contributed by atoms with Gasteiger partial charge in [-0.2, -0.15) is 0 Å². The molecule has 2 N–H and O–H groups in total. The molecule has 1 aromatic carbocycles. The van der Waals surface area contributed by atoms with Gasteiger partial charge in [0.25, 0.3) is 0 Å². The first-order valence-corrected chi connectivity index (χ1v) is 7.67. The average Bonchev–Trinajstić information content (AvgIpc) is 2.49. The number of ether oxygens (including phenoxy) is 1. The van der Waals surface area contributed by atoms with Crippen LogP contribution in [0, 0.1) is 5.92 Å². The van der Waals surface area contributed by atoms with E-state index in [9.17, 15) is 9.59 Å². The van der Waals surface area contributed by atoms with E-state index in [1.54, 1.807) is 0 Å². The molecule has 22 heavy (non-hydrogen) atoms. The molecule has 5 nitrogen and oxygen atoms in total. The highest BCUT2D eigenvalue weighted by molar-refractivity contribution is 5.73. The molecule has 0 amide bonds. The maximum atomic E-state index is 11.1. The fourth-order valence-electron chi connectivity index (χ4n) is 2.04. The Balaban J connectivity index is 2.95. The van der Waals surface area contributed by atoms with Crippen LogP contribution >= 0.6 is 0 Å². The summed E-state index contributed by atoms with van der Waals surface area (Å²) in [5, 5.41) is 6.22. The molecule has 0 saturated heterocycles. The number of benzene rings is 1. The molecule has 0 fully saturated rings. The molecule has 122 valence electrons. The van der Waals surface area contributed by atoms with Gasteiger partial charge >= 0.3 is 0 Å². The third-order valence-corrected chi connectivity index (χ3v) is 3.28. The normalized spacial score (nSPS) is 12.0. The van der Waals surface area contributed by atoms with Gasteiger partial charge in [0.05, 0.1) is 18.3 Å². The van der Waals surface area contributed by atoms with Gasteiger partial charge in [-0.1, -0.05) is 26.0 Å². The van der Waals surface area contributed by atoms with Crippen molar-refractivity contribution in [3.8, 4) is 5.75 Å². The largest absolute Gasteiger partial charge is 0.491 e. The van der Waals surface area contributed by atoms with Gasteiger partial charge in [-0.15, -0.1) is 0 Å². The molecule has 1 rings (SSSR count). The molecule has 0 heterocycles. The van der Waals surface area contributed by atoms with Crippen molar-refractivity contribution in [3.63, 3.8) is 0 Å². The van der Waals surface area contributed by atoms with Crippen LogP contribution < -0.4 is 15.4 Å². The van der Waals surface area contributed by atoms with Crippen molar-refractivity contribution in [1.29, 1.82) is 0 Å². The topological polar surface area (TPSA) is 67.4 Å². The van der Waals surface area contributed by atoms with Gasteiger partial charge in [0, 0.05) is 13.0 Å². The summed E-state index contributed by atoms with van der Waals surface area (Å²) in [5.74, 6) is 1.28. The smallest absolute Gasteiger partial charge is 0.142 e. The van der Waals surface area contributed by atoms with Crippen LogP contribution in [0.25, 0.3) is 0 Å². The third kappa shape index (κ3) is 5.85. The van der Waals surface area contributed by atoms with E-state index in [0.29, 0.717) is 24.8 Å². The highest BCUT2D eigenvalue weighted by atomic mass is 16.5. The van der Waals surface area contributed by atoms with E-state index in [-0.39, 0.29) is 6.42 Å². The van der Waals surface area contributed by atoms with Gasteiger partial charge in [0.2, 0.25) is 0 Å². The fourth-order valence-corrected chi connectivity index (χ4v) is 2.04. The molecule has 0 aromatic heterocycles. The number of hydrogen-bond acceptors (Lipinski definition) is 5. The number of carbonyl (C=O) groups is 2. The van der Waals surface area contributed by atoms with E-state index in [2.05, 4.69) is 24.5 Å². The molecular formula is C17H26N2O3. The van der Waals surface area contributed by atoms with Crippen molar-refractivity contribution in [1.82, 2.24) is 5.32 Å². The molecular weight excluding hydrogens is 280 g/mol. The zero-order chi connectivity index (χ0) is 16.4. The van der Waals surface area contributed by atoms with Gasteiger partial charge in [-0.05, 0) is 31.0 Å². The summed E-state index contributed by atoms with van der Waals surface area (Å²) in [5.41, 5.74) is 1.78. The zero-order valence-electron chi connectivity index (χ0n) is 13.6. The summed E-state index contributed by atoms with van der Waals surface area (Å²) in [7, 11) is 1.86. The van der Waals surface area contributed by atoms with Crippen LogP contribution in [0.2, 0.25) is 0 Å². The standard InChI is InChI=1S/C17H26N2O3/c1-13(2)8-10-22-16-6-4-5-14(11-18-3)17(16)19-15(12-21)7-9-20/h4-6,9,12-13,15,18-19H,7-8,10-11H2,1-3H3. The molecule has 1 atom stereocenters. The van der Waals surface area contributed by atoms with E-state index >= 15 is 0 Å². The van der Waals surface area contributed by atoms with Crippen LogP contribution in [0.3, 0.4) is 0 Å². The van der Waals surface area contributed by atoms with Gasteiger partial charge in [0.1, 0.15) is 18.3 Å². The van der Waals surface area contributed by atoms with Crippen LogP contribution in [0.15, 0.2) is 18.2 Å². The number of hydrogen-bond donors (Lipinski definition) is 2. The Labute approximate surface area is 132 Å². The lowest BCUT2D eigenvalue weighted by molar-refractivity contribution is -0.112. The van der Waals surface area contributed by atoms with Crippen LogP contribution in [0.4, 0.5) is 5.69 Å². The Morgan fingerprint density at radius 1 is 1.27 bits per heavy atom. The predicted octanol–water partition coefficient (Wildman–Crippen LogP) is 2.40. The Morgan fingerprint density at radius 2 is 2.05 bits per heavy atom. The maximum absolute atomic E-state index is 11.1. The van der Waals surface area contributed by atoms with E-state index < -0.39 is 6.04 Å². The lowest BCUT2D eigenvalue weighted by Crippen LogP contribution is -2.23. The molecule has 5 heteroatoms. The van der Waals surface area contributed by atoms with Gasteiger partial charge in [-0.3, -0.25) is 0 Å². The quantitative estimate of drug-likeness (QED) is 0.615. The summed E-state index contributed by atoms with van der Waals surface area (Å²) in [4.78, 5) is 21.8. The number of anilines is 1. The Bertz CT molecular complexity index is 475. The Hall–Kier alpha value is -1.88. The molecule has 0 radical (unpaired) electrons. The minimum Gasteiger partial charge on any atom is -0.491 e. The summed E-state index contributed by atoms with van der Waals surface area (Å²) in [6.07, 6.45) is 2.60. The first-order valence-electron chi connectivity index (χ1n) is 7.67. The molecule has 0 aliphatic rings. The maximum Gasteiger partial charge on any atom is 0.142 e. The minimum absolute atomic E-state index is 0.142. The molecule has 0 bridgehead atoms. The highest BCUT2D eigenvalue weighted by Crippen LogP contribution is 2.30. The number of nitrogens with one attached hydrogen (secondary N) is 2. The number of carbonyl (C=O) groups excluding carboxylic acids is 2. The second kappa shape index (κ2) is 9.95. The second-order valence-electron chi connectivity index (χ2n) is 5.64.